The molecule has 1 heterocycles. The van der Waals surface area contributed by atoms with Crippen molar-refractivity contribution in [3.05, 3.63) is 53.4 Å². The van der Waals surface area contributed by atoms with E-state index in [0.717, 1.165) is 16.5 Å². The summed E-state index contributed by atoms with van der Waals surface area (Å²) in [5.41, 5.74) is 2.46. The molecule has 3 rings (SSSR count). The average molecular weight is 381 g/mol. The molecule has 0 saturated carbocycles. The van der Waals surface area contributed by atoms with Gasteiger partial charge in [0, 0.05) is 17.0 Å². The van der Waals surface area contributed by atoms with Crippen molar-refractivity contribution in [3.8, 4) is 22.8 Å². The van der Waals surface area contributed by atoms with Crippen molar-refractivity contribution >= 4 is 16.9 Å². The van der Waals surface area contributed by atoms with E-state index in [0.29, 0.717) is 34.6 Å². The molecular weight excluding hydrogens is 358 g/mol. The van der Waals surface area contributed by atoms with Crippen LogP contribution in [0.25, 0.3) is 22.3 Å². The number of fused-ring (bicyclic) bond motifs is 1. The number of aryl methyl sites for hydroxylation is 1. The zero-order chi connectivity index (χ0) is 20.3. The number of carbonyl (C=O) groups is 1. The van der Waals surface area contributed by atoms with Crippen molar-refractivity contribution < 1.29 is 23.8 Å². The zero-order valence-corrected chi connectivity index (χ0v) is 16.4. The molecule has 0 aliphatic rings. The van der Waals surface area contributed by atoms with Crippen LogP contribution in [0.4, 0.5) is 0 Å². The fraction of sp³-hybridized carbons (Fsp3) is 0.273. The van der Waals surface area contributed by atoms with Gasteiger partial charge in [-0.25, -0.2) is 4.79 Å². The molecule has 1 unspecified atom stereocenters. The number of hydrogen-bond acceptors (Lipinski definition) is 5. The molecule has 6 nitrogen and oxygen atoms in total. The third-order valence-corrected chi connectivity index (χ3v) is 4.53. The molecule has 6 heteroatoms. The summed E-state index contributed by atoms with van der Waals surface area (Å²) >= 11 is 0. The van der Waals surface area contributed by atoms with E-state index in [4.69, 9.17) is 13.9 Å². The number of methoxy groups -OCH3 is 2. The molecule has 0 aliphatic heterocycles. The lowest BCUT2D eigenvalue weighted by Crippen LogP contribution is -2.20. The van der Waals surface area contributed by atoms with Gasteiger partial charge in [-0.2, -0.15) is 0 Å². The quantitative estimate of drug-likeness (QED) is 0.692. The summed E-state index contributed by atoms with van der Waals surface area (Å²) in [7, 11) is 3.15. The first-order valence-electron chi connectivity index (χ1n) is 9.00. The van der Waals surface area contributed by atoms with Gasteiger partial charge in [-0.15, -0.1) is 0 Å². The molecule has 0 spiro atoms. The lowest BCUT2D eigenvalue weighted by molar-refractivity contribution is -0.138. The lowest BCUT2D eigenvalue weighted by Gasteiger charge is -2.11. The van der Waals surface area contributed by atoms with Crippen LogP contribution in [-0.2, 0) is 4.79 Å². The maximum Gasteiger partial charge on any atom is 0.328 e. The second kappa shape index (κ2) is 8.17. The van der Waals surface area contributed by atoms with E-state index in [-0.39, 0.29) is 0 Å². The van der Waals surface area contributed by atoms with E-state index < -0.39 is 12.0 Å². The molecule has 0 bridgehead atoms. The van der Waals surface area contributed by atoms with Crippen molar-refractivity contribution in [2.75, 3.05) is 14.2 Å². The van der Waals surface area contributed by atoms with Crippen LogP contribution < -0.4 is 14.8 Å². The molecule has 2 aromatic carbocycles. The van der Waals surface area contributed by atoms with Crippen LogP contribution in [0.1, 0.15) is 18.9 Å². The van der Waals surface area contributed by atoms with Crippen molar-refractivity contribution in [1.82, 2.24) is 0 Å². The number of aliphatic carboxylic acids is 1. The maximum atomic E-state index is 11.5. The number of benzene rings is 2. The van der Waals surface area contributed by atoms with Gasteiger partial charge in [0.15, 0.2) is 11.5 Å². The molecule has 1 aromatic heterocycles. The second-order valence-corrected chi connectivity index (χ2v) is 6.46. The van der Waals surface area contributed by atoms with Gasteiger partial charge in [-0.3, -0.25) is 4.99 Å². The van der Waals surface area contributed by atoms with Crippen molar-refractivity contribution in [2.24, 2.45) is 4.99 Å². The van der Waals surface area contributed by atoms with E-state index in [2.05, 4.69) is 4.99 Å². The first-order valence-corrected chi connectivity index (χ1v) is 9.00. The molecule has 1 N–H and O–H groups in total. The van der Waals surface area contributed by atoms with Gasteiger partial charge in [0.05, 0.1) is 19.6 Å². The molecule has 1 atom stereocenters. The highest BCUT2D eigenvalue weighted by molar-refractivity contribution is 5.80. The minimum atomic E-state index is -0.947. The van der Waals surface area contributed by atoms with Gasteiger partial charge >= 0.3 is 5.97 Å². The number of rotatable bonds is 6. The minimum absolute atomic E-state index is 0.403. The number of carboxylic acid groups (broad SMARTS) is 1. The first kappa shape index (κ1) is 19.5. The molecule has 146 valence electrons. The van der Waals surface area contributed by atoms with Crippen molar-refractivity contribution in [3.63, 3.8) is 0 Å². The Morgan fingerprint density at radius 3 is 2.50 bits per heavy atom. The third kappa shape index (κ3) is 3.86. The summed E-state index contributed by atoms with van der Waals surface area (Å²) in [6, 6.07) is 12.2. The highest BCUT2D eigenvalue weighted by atomic mass is 16.5. The Morgan fingerprint density at radius 2 is 1.86 bits per heavy atom. The number of hydrogen-bond donors (Lipinski definition) is 1. The Balaban J connectivity index is 2.27. The van der Waals surface area contributed by atoms with Gasteiger partial charge in [0.1, 0.15) is 17.4 Å². The molecule has 28 heavy (non-hydrogen) atoms. The Bertz CT molecular complexity index is 1080. The van der Waals surface area contributed by atoms with Gasteiger partial charge in [0.25, 0.3) is 0 Å². The Labute approximate surface area is 163 Å². The Morgan fingerprint density at radius 1 is 1.11 bits per heavy atom. The lowest BCUT2D eigenvalue weighted by atomic mass is 10.1. The predicted octanol–water partition coefficient (Wildman–Crippen LogP) is 4.19. The Kier molecular flexibility index (Phi) is 5.68. The topological polar surface area (TPSA) is 81.3 Å². The van der Waals surface area contributed by atoms with Gasteiger partial charge in [0.2, 0.25) is 0 Å². The SMILES string of the molecule is CCC(N=c1cc(-c2ccc(OC)c(OC)c2)oc2ccc(C)cc12)C(=O)O. The highest BCUT2D eigenvalue weighted by Crippen LogP contribution is 2.32. The summed E-state index contributed by atoms with van der Waals surface area (Å²) in [6.45, 7) is 3.78. The number of nitrogens with zero attached hydrogens (tertiary/aromatic N) is 1. The maximum absolute atomic E-state index is 11.5. The fourth-order valence-corrected chi connectivity index (χ4v) is 3.01. The Hall–Kier alpha value is -3.28. The van der Waals surface area contributed by atoms with Gasteiger partial charge in [-0.1, -0.05) is 18.6 Å². The monoisotopic (exact) mass is 381 g/mol. The average Bonchev–Trinajstić information content (AvgIpc) is 2.70. The third-order valence-electron chi connectivity index (χ3n) is 4.53. The van der Waals surface area contributed by atoms with Crippen molar-refractivity contribution in [2.45, 2.75) is 26.3 Å². The van der Waals surface area contributed by atoms with E-state index in [1.165, 1.54) is 0 Å². The summed E-state index contributed by atoms with van der Waals surface area (Å²) in [5.74, 6) is 0.812. The van der Waals surface area contributed by atoms with Crippen LogP contribution in [-0.4, -0.2) is 31.3 Å². The van der Waals surface area contributed by atoms with Crippen molar-refractivity contribution in [1.29, 1.82) is 0 Å². The molecule has 0 saturated heterocycles. The molecule has 0 fully saturated rings. The first-order chi connectivity index (χ1) is 13.5. The fourth-order valence-electron chi connectivity index (χ4n) is 3.01. The van der Waals surface area contributed by atoms with E-state index >= 15 is 0 Å². The molecule has 0 radical (unpaired) electrons. The smallest absolute Gasteiger partial charge is 0.328 e. The van der Waals surface area contributed by atoms with Crippen LogP contribution in [0.2, 0.25) is 0 Å². The zero-order valence-electron chi connectivity index (χ0n) is 16.4. The second-order valence-electron chi connectivity index (χ2n) is 6.46. The van der Waals surface area contributed by atoms with Crippen LogP contribution in [0, 0.1) is 6.92 Å². The van der Waals surface area contributed by atoms with Crippen LogP contribution >= 0.6 is 0 Å². The van der Waals surface area contributed by atoms with Gasteiger partial charge < -0.3 is 19.0 Å². The summed E-state index contributed by atoms with van der Waals surface area (Å²) in [4.78, 5) is 16.0. The van der Waals surface area contributed by atoms with E-state index in [9.17, 15) is 9.90 Å². The number of carboxylic acids is 1. The number of ether oxygens (including phenoxy) is 2. The van der Waals surface area contributed by atoms with Crippen LogP contribution in [0.15, 0.2) is 51.9 Å². The molecule has 0 amide bonds. The van der Waals surface area contributed by atoms with E-state index in [1.807, 2.05) is 37.3 Å². The predicted molar refractivity (Wildman–Crippen MR) is 107 cm³/mol. The molecule has 0 aliphatic carbocycles. The standard InChI is InChI=1S/C22H23NO5/c1-5-16(22(24)25)23-17-12-20(28-18-8-6-13(2)10-15(17)18)14-7-9-19(26-3)21(11-14)27-4/h6-12,16H,5H2,1-4H3,(H,24,25). The molecule has 3 aromatic rings. The minimum Gasteiger partial charge on any atom is -0.493 e. The summed E-state index contributed by atoms with van der Waals surface area (Å²) < 4.78 is 16.8. The van der Waals surface area contributed by atoms with Crippen LogP contribution in [0.3, 0.4) is 0 Å². The molecular formula is C22H23NO5. The van der Waals surface area contributed by atoms with Crippen LogP contribution in [0.5, 0.6) is 11.5 Å². The highest BCUT2D eigenvalue weighted by Gasteiger charge is 2.15. The summed E-state index contributed by atoms with van der Waals surface area (Å²) in [5, 5.41) is 10.8. The normalized spacial score (nSPS) is 12.8. The largest absolute Gasteiger partial charge is 0.493 e. The van der Waals surface area contributed by atoms with E-state index in [1.54, 1.807) is 33.3 Å². The van der Waals surface area contributed by atoms with Gasteiger partial charge in [-0.05, 0) is 43.7 Å². The summed E-state index contributed by atoms with van der Waals surface area (Å²) in [6.07, 6.45) is 0.403.